The van der Waals surface area contributed by atoms with Crippen LogP contribution in [0.15, 0.2) is 109 Å². The molecule has 0 saturated carbocycles. The highest BCUT2D eigenvalue weighted by Gasteiger charge is 2.04. The van der Waals surface area contributed by atoms with Gasteiger partial charge in [0.25, 0.3) is 0 Å². The van der Waals surface area contributed by atoms with Crippen molar-refractivity contribution in [3.63, 3.8) is 0 Å². The molecule has 43 heavy (non-hydrogen) atoms. The van der Waals surface area contributed by atoms with E-state index in [0.717, 1.165) is 41.4 Å². The maximum atomic E-state index is 10.3. The molecule has 0 unspecified atom stereocenters. The van der Waals surface area contributed by atoms with Crippen molar-refractivity contribution in [3.8, 4) is 11.5 Å². The first-order valence-corrected chi connectivity index (χ1v) is 13.4. The molecule has 0 aliphatic rings. The number of hydrogen-bond acceptors (Lipinski definition) is 5. The predicted octanol–water partition coefficient (Wildman–Crippen LogP) is 7.39. The fourth-order valence-electron chi connectivity index (χ4n) is 3.93. The summed E-state index contributed by atoms with van der Waals surface area (Å²) in [6.07, 6.45) is 0.921. The maximum Gasteiger partial charge on any atom is 0.335 e. The Balaban J connectivity index is 0.000000257. The van der Waals surface area contributed by atoms with Crippen LogP contribution in [0.2, 0.25) is 0 Å². The minimum Gasteiger partial charge on any atom is -0.504 e. The highest BCUT2D eigenvalue weighted by atomic mass is 35.5. The van der Waals surface area contributed by atoms with Crippen molar-refractivity contribution in [3.05, 3.63) is 143 Å². The zero-order chi connectivity index (χ0) is 30.5. The lowest BCUT2D eigenvalue weighted by Crippen LogP contribution is -2.16. The number of phenolic OH excluding ortho intramolecular Hbond substituents is 2. The van der Waals surface area contributed by atoms with Gasteiger partial charge in [-0.1, -0.05) is 83.9 Å². The van der Waals surface area contributed by atoms with E-state index < -0.39 is 11.9 Å². The standard InChI is InChI=1S/C19H19NO2.2C8H8O2.ClH/c21-18-11-16-7-6-14(10-17(16)12-19(18)22)8-9-20-13-15-4-2-1-3-5-15;2*1-6-2-4-7(5-3-6)8(9)10;/h1-7,10-12,20-22H,8-9,13H2;2*2-5H,1H3,(H,9,10);1H. The van der Waals surface area contributed by atoms with Crippen molar-refractivity contribution in [2.45, 2.75) is 26.8 Å². The van der Waals surface area contributed by atoms with Gasteiger partial charge in [-0.15, -0.1) is 12.4 Å². The van der Waals surface area contributed by atoms with Gasteiger partial charge in [0.15, 0.2) is 11.5 Å². The molecule has 5 rings (SSSR count). The Bertz CT molecular complexity index is 1550. The first kappa shape index (κ1) is 34.4. The SMILES string of the molecule is Cc1ccc(C(=O)O)cc1.Cc1ccc(C(=O)O)cc1.Cl.Oc1cc2ccc(CCNCc3ccccc3)cc2cc1O. The van der Waals surface area contributed by atoms with E-state index in [4.69, 9.17) is 10.2 Å². The molecule has 0 heterocycles. The third kappa shape index (κ3) is 11.5. The second kappa shape index (κ2) is 17.2. The second-order valence-electron chi connectivity index (χ2n) is 9.78. The van der Waals surface area contributed by atoms with Crippen LogP contribution in [-0.4, -0.2) is 38.9 Å². The fraction of sp³-hybridized carbons (Fsp3) is 0.143. The fourth-order valence-corrected chi connectivity index (χ4v) is 3.93. The zero-order valence-corrected chi connectivity index (χ0v) is 24.8. The van der Waals surface area contributed by atoms with Gasteiger partial charge in [-0.2, -0.15) is 0 Å². The van der Waals surface area contributed by atoms with Crippen molar-refractivity contribution in [2.75, 3.05) is 6.54 Å². The number of halogens is 1. The van der Waals surface area contributed by atoms with Crippen molar-refractivity contribution in [2.24, 2.45) is 0 Å². The molecule has 0 aromatic heterocycles. The number of carbonyl (C=O) groups is 2. The Morgan fingerprint density at radius 1 is 0.605 bits per heavy atom. The maximum absolute atomic E-state index is 10.3. The van der Waals surface area contributed by atoms with Crippen LogP contribution in [0.25, 0.3) is 10.8 Å². The average molecular weight is 602 g/mol. The molecule has 0 atom stereocenters. The smallest absolute Gasteiger partial charge is 0.335 e. The van der Waals surface area contributed by atoms with Gasteiger partial charge < -0.3 is 25.7 Å². The van der Waals surface area contributed by atoms with Crippen LogP contribution in [0.5, 0.6) is 11.5 Å². The minimum absolute atomic E-state index is 0. The van der Waals surface area contributed by atoms with Crippen LogP contribution in [0.3, 0.4) is 0 Å². The summed E-state index contributed by atoms with van der Waals surface area (Å²) < 4.78 is 0. The van der Waals surface area contributed by atoms with Crippen LogP contribution in [-0.2, 0) is 13.0 Å². The number of rotatable bonds is 7. The predicted molar refractivity (Wildman–Crippen MR) is 173 cm³/mol. The number of benzene rings is 5. The summed E-state index contributed by atoms with van der Waals surface area (Å²) in [6, 6.07) is 33.1. The van der Waals surface area contributed by atoms with E-state index in [9.17, 15) is 19.8 Å². The number of aryl methyl sites for hydroxylation is 2. The van der Waals surface area contributed by atoms with Crippen LogP contribution in [0, 0.1) is 13.8 Å². The molecule has 5 aromatic rings. The normalized spacial score (nSPS) is 9.91. The molecule has 5 N–H and O–H groups in total. The lowest BCUT2D eigenvalue weighted by molar-refractivity contribution is 0.0686. The van der Waals surface area contributed by atoms with Gasteiger partial charge in [0.1, 0.15) is 0 Å². The van der Waals surface area contributed by atoms with E-state index in [-0.39, 0.29) is 23.9 Å². The summed E-state index contributed by atoms with van der Waals surface area (Å²) in [5.41, 5.74) is 5.31. The van der Waals surface area contributed by atoms with E-state index in [2.05, 4.69) is 29.6 Å². The largest absolute Gasteiger partial charge is 0.504 e. The van der Waals surface area contributed by atoms with Crippen molar-refractivity contribution in [1.29, 1.82) is 0 Å². The molecule has 0 spiro atoms. The summed E-state index contributed by atoms with van der Waals surface area (Å²) in [5, 5.41) is 41.3. The van der Waals surface area contributed by atoms with Gasteiger partial charge >= 0.3 is 11.9 Å². The molecule has 0 fully saturated rings. The molecular formula is C35H36ClNO6. The molecule has 8 heteroatoms. The van der Waals surface area contributed by atoms with Crippen molar-refractivity contribution >= 4 is 35.1 Å². The molecule has 0 aliphatic carbocycles. The summed E-state index contributed by atoms with van der Waals surface area (Å²) in [4.78, 5) is 20.6. The van der Waals surface area contributed by atoms with Crippen molar-refractivity contribution < 1.29 is 30.0 Å². The molecule has 0 bridgehead atoms. The van der Waals surface area contributed by atoms with Crippen LogP contribution in [0.4, 0.5) is 0 Å². The Labute approximate surface area is 257 Å². The number of carboxylic acid groups (broad SMARTS) is 2. The molecule has 5 aromatic carbocycles. The summed E-state index contributed by atoms with van der Waals surface area (Å²) in [7, 11) is 0. The molecule has 7 nitrogen and oxygen atoms in total. The highest BCUT2D eigenvalue weighted by Crippen LogP contribution is 2.30. The average Bonchev–Trinajstić information content (AvgIpc) is 2.98. The van der Waals surface area contributed by atoms with Crippen LogP contribution in [0.1, 0.15) is 43.0 Å². The van der Waals surface area contributed by atoms with Crippen LogP contribution < -0.4 is 5.32 Å². The molecule has 224 valence electrons. The van der Waals surface area contributed by atoms with Gasteiger partial charge in [-0.05, 0) is 85.1 Å². The number of aromatic hydroxyl groups is 2. The first-order valence-electron chi connectivity index (χ1n) is 13.4. The van der Waals surface area contributed by atoms with E-state index in [1.165, 1.54) is 11.1 Å². The Morgan fingerprint density at radius 3 is 1.58 bits per heavy atom. The van der Waals surface area contributed by atoms with Gasteiger partial charge in [0, 0.05) is 6.54 Å². The number of phenols is 2. The zero-order valence-electron chi connectivity index (χ0n) is 24.0. The molecule has 0 aliphatic heterocycles. The van der Waals surface area contributed by atoms with Gasteiger partial charge in [-0.25, -0.2) is 9.59 Å². The highest BCUT2D eigenvalue weighted by molar-refractivity contribution is 5.88. The van der Waals surface area contributed by atoms with E-state index >= 15 is 0 Å². The Hall–Kier alpha value is -4.85. The first-order chi connectivity index (χ1) is 20.1. The summed E-state index contributed by atoms with van der Waals surface area (Å²) in [5.74, 6) is -1.91. The summed E-state index contributed by atoms with van der Waals surface area (Å²) >= 11 is 0. The lowest BCUT2D eigenvalue weighted by atomic mass is 10.0. The Morgan fingerprint density at radius 2 is 1.09 bits per heavy atom. The second-order valence-corrected chi connectivity index (χ2v) is 9.78. The Kier molecular flexibility index (Phi) is 13.7. The van der Waals surface area contributed by atoms with E-state index in [1.807, 2.05) is 38.1 Å². The van der Waals surface area contributed by atoms with Gasteiger partial charge in [0.2, 0.25) is 0 Å². The molecule has 0 radical (unpaired) electrons. The monoisotopic (exact) mass is 601 g/mol. The third-order valence-electron chi connectivity index (χ3n) is 6.36. The van der Waals surface area contributed by atoms with Gasteiger partial charge in [-0.3, -0.25) is 0 Å². The molecule has 0 saturated heterocycles. The molecular weight excluding hydrogens is 566 g/mol. The van der Waals surface area contributed by atoms with E-state index in [1.54, 1.807) is 60.7 Å². The third-order valence-corrected chi connectivity index (χ3v) is 6.36. The number of fused-ring (bicyclic) bond motifs is 1. The number of nitrogens with one attached hydrogen (secondary N) is 1. The van der Waals surface area contributed by atoms with Gasteiger partial charge in [0.05, 0.1) is 11.1 Å². The minimum atomic E-state index is -0.875. The number of carboxylic acids is 2. The van der Waals surface area contributed by atoms with E-state index in [0.29, 0.717) is 11.1 Å². The van der Waals surface area contributed by atoms with Crippen LogP contribution >= 0.6 is 12.4 Å². The molecule has 0 amide bonds. The summed E-state index contributed by atoms with van der Waals surface area (Å²) in [6.45, 7) is 5.60. The topological polar surface area (TPSA) is 127 Å². The number of aromatic carboxylic acids is 2. The van der Waals surface area contributed by atoms with Crippen molar-refractivity contribution in [1.82, 2.24) is 5.32 Å². The quantitative estimate of drug-likeness (QED) is 0.0972. The number of hydrogen-bond donors (Lipinski definition) is 5. The lowest BCUT2D eigenvalue weighted by Gasteiger charge is -2.07.